The standard InChI is InChI=1S/C20H25F2N3O3/c1-3-25(9-5-4-8-23-20(27)28-2)19-12-24-18(11-15(19)13-26)14-6-7-16(21)17(22)10-14/h6-7,10-12,26H,3-5,8-9,13H2,1-2H3,(H,23,27). The smallest absolute Gasteiger partial charge is 0.406 e. The number of unbranched alkanes of at least 4 members (excludes halogenated alkanes) is 1. The van der Waals surface area contributed by atoms with Crippen LogP contribution in [0.4, 0.5) is 19.3 Å². The Hall–Kier alpha value is -2.74. The third-order valence-corrected chi connectivity index (χ3v) is 4.38. The van der Waals surface area contributed by atoms with Gasteiger partial charge in [0.25, 0.3) is 0 Å². The zero-order valence-corrected chi connectivity index (χ0v) is 16.0. The zero-order valence-electron chi connectivity index (χ0n) is 16.0. The SMILES string of the molecule is CCN(CCCCNC(=O)OC)c1cnc(-c2ccc(F)c(F)c2)cc1CO. The van der Waals surface area contributed by atoms with Crippen LogP contribution in [-0.2, 0) is 11.3 Å². The molecule has 0 atom stereocenters. The Morgan fingerprint density at radius 3 is 2.68 bits per heavy atom. The van der Waals surface area contributed by atoms with Crippen LogP contribution in [0.1, 0.15) is 25.3 Å². The van der Waals surface area contributed by atoms with Gasteiger partial charge in [0.05, 0.1) is 31.3 Å². The first-order valence-electron chi connectivity index (χ1n) is 9.12. The largest absolute Gasteiger partial charge is 0.453 e. The zero-order chi connectivity index (χ0) is 20.5. The van der Waals surface area contributed by atoms with Gasteiger partial charge in [0.1, 0.15) is 0 Å². The molecule has 1 heterocycles. The van der Waals surface area contributed by atoms with Crippen molar-refractivity contribution in [3.05, 3.63) is 47.7 Å². The second kappa shape index (κ2) is 10.6. The van der Waals surface area contributed by atoms with Crippen LogP contribution in [0.5, 0.6) is 0 Å². The average Bonchev–Trinajstić information content (AvgIpc) is 2.72. The number of pyridine rings is 1. The van der Waals surface area contributed by atoms with Crippen molar-refractivity contribution in [1.29, 1.82) is 0 Å². The molecule has 152 valence electrons. The maximum atomic E-state index is 13.5. The van der Waals surface area contributed by atoms with Gasteiger partial charge in [0, 0.05) is 30.8 Å². The number of carbonyl (C=O) groups is 1. The molecule has 1 aromatic heterocycles. The number of anilines is 1. The van der Waals surface area contributed by atoms with Gasteiger partial charge in [-0.1, -0.05) is 0 Å². The van der Waals surface area contributed by atoms with Crippen molar-refractivity contribution in [2.75, 3.05) is 31.6 Å². The van der Waals surface area contributed by atoms with Gasteiger partial charge in [0.2, 0.25) is 0 Å². The van der Waals surface area contributed by atoms with E-state index in [1.54, 1.807) is 12.3 Å². The third-order valence-electron chi connectivity index (χ3n) is 4.38. The number of amides is 1. The van der Waals surface area contributed by atoms with E-state index >= 15 is 0 Å². The molecule has 1 aromatic carbocycles. The molecule has 0 saturated heterocycles. The summed E-state index contributed by atoms with van der Waals surface area (Å²) in [7, 11) is 1.32. The van der Waals surface area contributed by atoms with Crippen LogP contribution in [0.3, 0.4) is 0 Å². The number of methoxy groups -OCH3 is 1. The summed E-state index contributed by atoms with van der Waals surface area (Å²) >= 11 is 0. The first-order chi connectivity index (χ1) is 13.5. The van der Waals surface area contributed by atoms with Crippen LogP contribution in [0.2, 0.25) is 0 Å². The number of alkyl carbamates (subject to hydrolysis) is 1. The molecule has 1 amide bonds. The average molecular weight is 393 g/mol. The van der Waals surface area contributed by atoms with Gasteiger partial charge in [-0.2, -0.15) is 0 Å². The van der Waals surface area contributed by atoms with E-state index in [1.807, 2.05) is 6.92 Å². The van der Waals surface area contributed by atoms with Crippen molar-refractivity contribution >= 4 is 11.8 Å². The Morgan fingerprint density at radius 1 is 1.25 bits per heavy atom. The molecule has 0 unspecified atom stereocenters. The lowest BCUT2D eigenvalue weighted by atomic mass is 10.1. The lowest BCUT2D eigenvalue weighted by Crippen LogP contribution is -2.27. The summed E-state index contributed by atoms with van der Waals surface area (Å²) in [4.78, 5) is 17.5. The molecular weight excluding hydrogens is 368 g/mol. The number of ether oxygens (including phenoxy) is 1. The number of nitrogens with one attached hydrogen (secondary N) is 1. The van der Waals surface area contributed by atoms with Crippen molar-refractivity contribution in [2.45, 2.75) is 26.4 Å². The minimum Gasteiger partial charge on any atom is -0.453 e. The number of aromatic nitrogens is 1. The van der Waals surface area contributed by atoms with Crippen LogP contribution in [0, 0.1) is 11.6 Å². The Kier molecular flexibility index (Phi) is 8.13. The number of hydrogen-bond acceptors (Lipinski definition) is 5. The van der Waals surface area contributed by atoms with E-state index in [2.05, 4.69) is 19.9 Å². The maximum absolute atomic E-state index is 13.5. The van der Waals surface area contributed by atoms with E-state index in [0.717, 1.165) is 37.2 Å². The fourth-order valence-electron chi connectivity index (χ4n) is 2.85. The van der Waals surface area contributed by atoms with Crippen LogP contribution in [-0.4, -0.2) is 42.9 Å². The second-order valence-electron chi connectivity index (χ2n) is 6.19. The molecule has 8 heteroatoms. The summed E-state index contributed by atoms with van der Waals surface area (Å²) in [5, 5.41) is 12.4. The molecule has 0 bridgehead atoms. The number of aliphatic hydroxyl groups is 1. The van der Waals surface area contributed by atoms with Crippen LogP contribution >= 0.6 is 0 Å². The summed E-state index contributed by atoms with van der Waals surface area (Å²) in [6.45, 7) is 3.75. The molecular formula is C20H25F2N3O3. The Labute approximate surface area is 163 Å². The van der Waals surface area contributed by atoms with Crippen molar-refractivity contribution in [2.24, 2.45) is 0 Å². The maximum Gasteiger partial charge on any atom is 0.406 e. The minimum atomic E-state index is -0.940. The van der Waals surface area contributed by atoms with E-state index < -0.39 is 17.7 Å². The van der Waals surface area contributed by atoms with Gasteiger partial charge < -0.3 is 20.1 Å². The van der Waals surface area contributed by atoms with Gasteiger partial charge in [-0.05, 0) is 44.0 Å². The Balaban J connectivity index is 2.08. The predicted molar refractivity (Wildman–Crippen MR) is 103 cm³/mol. The number of rotatable bonds is 9. The number of benzene rings is 1. The topological polar surface area (TPSA) is 74.7 Å². The summed E-state index contributed by atoms with van der Waals surface area (Å²) in [5.41, 5.74) is 2.35. The van der Waals surface area contributed by atoms with Crippen LogP contribution in [0.25, 0.3) is 11.3 Å². The number of hydrogen-bond donors (Lipinski definition) is 2. The fraction of sp³-hybridized carbons (Fsp3) is 0.400. The van der Waals surface area contributed by atoms with Gasteiger partial charge in [0.15, 0.2) is 11.6 Å². The van der Waals surface area contributed by atoms with Gasteiger partial charge in [-0.15, -0.1) is 0 Å². The van der Waals surface area contributed by atoms with E-state index in [9.17, 15) is 18.7 Å². The quantitative estimate of drug-likeness (QED) is 0.638. The lowest BCUT2D eigenvalue weighted by molar-refractivity contribution is 0.171. The Morgan fingerprint density at radius 2 is 2.04 bits per heavy atom. The molecule has 28 heavy (non-hydrogen) atoms. The Bertz CT molecular complexity index is 802. The lowest BCUT2D eigenvalue weighted by Gasteiger charge is -2.25. The number of carbonyl (C=O) groups excluding carboxylic acids is 1. The van der Waals surface area contributed by atoms with Crippen molar-refractivity contribution < 1.29 is 23.4 Å². The van der Waals surface area contributed by atoms with E-state index in [4.69, 9.17) is 0 Å². The van der Waals surface area contributed by atoms with Crippen molar-refractivity contribution in [3.8, 4) is 11.3 Å². The number of halogens is 2. The van der Waals surface area contributed by atoms with Crippen LogP contribution in [0.15, 0.2) is 30.5 Å². The van der Waals surface area contributed by atoms with Crippen molar-refractivity contribution in [1.82, 2.24) is 10.3 Å². The normalized spacial score (nSPS) is 10.6. The molecule has 0 spiro atoms. The molecule has 0 aliphatic carbocycles. The second-order valence-corrected chi connectivity index (χ2v) is 6.19. The molecule has 2 aromatic rings. The highest BCUT2D eigenvalue weighted by Gasteiger charge is 2.13. The molecule has 0 aliphatic heterocycles. The highest BCUT2D eigenvalue weighted by Crippen LogP contribution is 2.26. The summed E-state index contributed by atoms with van der Waals surface area (Å²) in [6, 6.07) is 5.28. The van der Waals surface area contributed by atoms with E-state index in [0.29, 0.717) is 29.9 Å². The molecule has 0 aliphatic rings. The third kappa shape index (κ3) is 5.63. The van der Waals surface area contributed by atoms with Crippen LogP contribution < -0.4 is 10.2 Å². The van der Waals surface area contributed by atoms with E-state index in [1.165, 1.54) is 13.2 Å². The minimum absolute atomic E-state index is 0.199. The molecule has 0 saturated carbocycles. The molecule has 0 radical (unpaired) electrons. The molecule has 2 rings (SSSR count). The number of nitrogens with zero attached hydrogens (tertiary/aromatic N) is 2. The summed E-state index contributed by atoms with van der Waals surface area (Å²) in [5.74, 6) is -1.86. The molecule has 6 nitrogen and oxygen atoms in total. The van der Waals surface area contributed by atoms with E-state index in [-0.39, 0.29) is 6.61 Å². The first kappa shape index (κ1) is 21.6. The first-order valence-corrected chi connectivity index (χ1v) is 9.12. The van der Waals surface area contributed by atoms with Gasteiger partial charge in [-0.3, -0.25) is 4.98 Å². The molecule has 0 fully saturated rings. The molecule has 2 N–H and O–H groups in total. The monoisotopic (exact) mass is 393 g/mol. The fourth-order valence-corrected chi connectivity index (χ4v) is 2.85. The van der Waals surface area contributed by atoms with Gasteiger partial charge >= 0.3 is 6.09 Å². The summed E-state index contributed by atoms with van der Waals surface area (Å²) < 4.78 is 31.2. The predicted octanol–water partition coefficient (Wildman–Crippen LogP) is 3.48. The highest BCUT2D eigenvalue weighted by atomic mass is 19.2. The summed E-state index contributed by atoms with van der Waals surface area (Å²) in [6.07, 6.45) is 2.79. The van der Waals surface area contributed by atoms with Gasteiger partial charge in [-0.25, -0.2) is 13.6 Å². The van der Waals surface area contributed by atoms with Crippen molar-refractivity contribution in [3.63, 3.8) is 0 Å². The highest BCUT2D eigenvalue weighted by molar-refractivity contribution is 5.66. The number of aliphatic hydroxyl groups excluding tert-OH is 1.